The molecule has 7 heteroatoms. The molecule has 150 valence electrons. The molecule has 3 aromatic rings. The summed E-state index contributed by atoms with van der Waals surface area (Å²) in [5.74, 6) is 0.382. The largest absolute Gasteiger partial charge is 0.491 e. The summed E-state index contributed by atoms with van der Waals surface area (Å²) in [7, 11) is 1.77. The lowest BCUT2D eigenvalue weighted by atomic mass is 10.1. The highest BCUT2D eigenvalue weighted by molar-refractivity contribution is 5.95. The van der Waals surface area contributed by atoms with Crippen molar-refractivity contribution in [2.75, 3.05) is 18.6 Å². The van der Waals surface area contributed by atoms with Crippen LogP contribution in [0.15, 0.2) is 54.6 Å². The van der Waals surface area contributed by atoms with Gasteiger partial charge in [0.05, 0.1) is 18.7 Å². The molecule has 3 N–H and O–H groups in total. The average Bonchev–Trinajstić information content (AvgIpc) is 3.13. The number of primary amides is 1. The first kappa shape index (κ1) is 20.1. The van der Waals surface area contributed by atoms with E-state index in [1.165, 1.54) is 11.1 Å². The Hall–Kier alpha value is -3.61. The van der Waals surface area contributed by atoms with Crippen LogP contribution in [0.2, 0.25) is 0 Å². The smallest absolute Gasteiger partial charge is 0.269 e. The minimum Gasteiger partial charge on any atom is -0.491 e. The number of aromatic nitrogens is 2. The van der Waals surface area contributed by atoms with Gasteiger partial charge in [-0.3, -0.25) is 14.7 Å². The number of nitrogens with two attached hydrogens (primary N) is 1. The van der Waals surface area contributed by atoms with Crippen LogP contribution >= 0.6 is 0 Å². The summed E-state index contributed by atoms with van der Waals surface area (Å²) < 4.78 is 5.43. The Morgan fingerprint density at radius 3 is 2.62 bits per heavy atom. The highest BCUT2D eigenvalue weighted by atomic mass is 16.5. The van der Waals surface area contributed by atoms with Crippen molar-refractivity contribution in [2.45, 2.75) is 19.8 Å². The van der Waals surface area contributed by atoms with E-state index < -0.39 is 5.91 Å². The number of carbonyl (C=O) groups excluding carboxylic acids is 2. The molecule has 1 aliphatic heterocycles. The van der Waals surface area contributed by atoms with Gasteiger partial charge in [-0.25, -0.2) is 0 Å². The summed E-state index contributed by atoms with van der Waals surface area (Å²) >= 11 is 0. The fourth-order valence-corrected chi connectivity index (χ4v) is 2.91. The van der Waals surface area contributed by atoms with E-state index in [1.807, 2.05) is 31.2 Å². The number of aryl methyl sites for hydroxylation is 1. The van der Waals surface area contributed by atoms with Crippen molar-refractivity contribution in [3.8, 4) is 5.75 Å². The van der Waals surface area contributed by atoms with Gasteiger partial charge in [-0.05, 0) is 30.7 Å². The summed E-state index contributed by atoms with van der Waals surface area (Å²) in [6.45, 7) is 2.52. The first-order valence-corrected chi connectivity index (χ1v) is 9.32. The Kier molecular flexibility index (Phi) is 6.29. The molecule has 0 bridgehead atoms. The Morgan fingerprint density at radius 2 is 1.93 bits per heavy atom. The summed E-state index contributed by atoms with van der Waals surface area (Å²) in [4.78, 5) is 23.9. The minimum absolute atomic E-state index is 0.102. The summed E-state index contributed by atoms with van der Waals surface area (Å²) in [5, 5.41) is 6.63. The van der Waals surface area contributed by atoms with Crippen LogP contribution in [-0.4, -0.2) is 35.7 Å². The molecule has 1 aliphatic rings. The maximum atomic E-state index is 11.4. The molecule has 0 unspecified atom stereocenters. The van der Waals surface area contributed by atoms with E-state index in [9.17, 15) is 9.59 Å². The van der Waals surface area contributed by atoms with E-state index in [4.69, 9.17) is 10.5 Å². The van der Waals surface area contributed by atoms with Gasteiger partial charge in [0.15, 0.2) is 0 Å². The first-order valence-electron chi connectivity index (χ1n) is 9.32. The number of ether oxygens (including phenoxy) is 1. The summed E-state index contributed by atoms with van der Waals surface area (Å²) in [5.41, 5.74) is 9.54. The maximum absolute atomic E-state index is 11.4. The van der Waals surface area contributed by atoms with Gasteiger partial charge >= 0.3 is 0 Å². The number of nitrogens with one attached hydrogen (secondary N) is 1. The van der Waals surface area contributed by atoms with Crippen LogP contribution in [0.1, 0.15) is 33.7 Å². The fourth-order valence-electron chi connectivity index (χ4n) is 2.91. The van der Waals surface area contributed by atoms with E-state index in [-0.39, 0.29) is 11.6 Å². The lowest BCUT2D eigenvalue weighted by Gasteiger charge is -2.15. The second kappa shape index (κ2) is 9.05. The zero-order valence-electron chi connectivity index (χ0n) is 16.5. The zero-order valence-corrected chi connectivity index (χ0v) is 16.5. The molecule has 0 saturated carbocycles. The number of nitrogens with zero attached hydrogens (tertiary/aromatic N) is 2. The van der Waals surface area contributed by atoms with E-state index in [1.54, 1.807) is 18.0 Å². The van der Waals surface area contributed by atoms with Crippen LogP contribution in [0.5, 0.6) is 5.75 Å². The van der Waals surface area contributed by atoms with Gasteiger partial charge in [-0.15, -0.1) is 0 Å². The summed E-state index contributed by atoms with van der Waals surface area (Å²) in [6, 6.07) is 17.5. The van der Waals surface area contributed by atoms with Gasteiger partial charge in [0.1, 0.15) is 11.4 Å². The van der Waals surface area contributed by atoms with Gasteiger partial charge in [0.2, 0.25) is 5.91 Å². The van der Waals surface area contributed by atoms with E-state index >= 15 is 0 Å². The topological polar surface area (TPSA) is 101 Å². The van der Waals surface area contributed by atoms with Crippen molar-refractivity contribution in [1.29, 1.82) is 0 Å². The molecule has 0 atom stereocenters. The second-order valence-electron chi connectivity index (χ2n) is 6.82. The maximum Gasteiger partial charge on any atom is 0.269 e. The van der Waals surface area contributed by atoms with Gasteiger partial charge in [0.25, 0.3) is 5.91 Å². The molecule has 0 aliphatic carbocycles. The van der Waals surface area contributed by atoms with Gasteiger partial charge < -0.3 is 15.4 Å². The Bertz CT molecular complexity index is 995. The highest BCUT2D eigenvalue weighted by Crippen LogP contribution is 2.29. The van der Waals surface area contributed by atoms with E-state index in [2.05, 4.69) is 34.5 Å². The van der Waals surface area contributed by atoms with Crippen molar-refractivity contribution in [3.05, 3.63) is 77.1 Å². The summed E-state index contributed by atoms with van der Waals surface area (Å²) in [6.07, 6.45) is 1.17. The van der Waals surface area contributed by atoms with Crippen molar-refractivity contribution >= 4 is 17.5 Å². The molecule has 1 aromatic heterocycles. The lowest BCUT2D eigenvalue weighted by molar-refractivity contribution is -0.118. The predicted octanol–water partition coefficient (Wildman–Crippen LogP) is 2.84. The van der Waals surface area contributed by atoms with Crippen molar-refractivity contribution in [2.24, 2.45) is 5.73 Å². The number of hydrogen-bond acceptors (Lipinski definition) is 4. The molecular weight excluding hydrogens is 368 g/mol. The molecule has 29 heavy (non-hydrogen) atoms. The molecule has 2 heterocycles. The highest BCUT2D eigenvalue weighted by Gasteiger charge is 2.18. The van der Waals surface area contributed by atoms with Crippen LogP contribution < -0.4 is 15.4 Å². The second-order valence-corrected chi connectivity index (χ2v) is 6.82. The predicted molar refractivity (Wildman–Crippen MR) is 111 cm³/mol. The zero-order chi connectivity index (χ0) is 20.8. The Morgan fingerprint density at radius 1 is 1.21 bits per heavy atom. The molecule has 2 amide bonds. The number of H-pyrrole nitrogens is 1. The Balaban J connectivity index is 0.000000169. The van der Waals surface area contributed by atoms with E-state index in [0.717, 1.165) is 23.6 Å². The van der Waals surface area contributed by atoms with Crippen molar-refractivity contribution < 1.29 is 14.3 Å². The SMILES string of the molecule is CN1C(=O)CCOc2ccccc21.Cc1ccc(Cc2cc(C(N)=O)n[nH]2)cc1. The third-order valence-electron chi connectivity index (χ3n) is 4.57. The molecule has 2 aromatic carbocycles. The third-order valence-corrected chi connectivity index (χ3v) is 4.57. The fraction of sp³-hybridized carbons (Fsp3) is 0.227. The van der Waals surface area contributed by atoms with Crippen LogP contribution in [0.25, 0.3) is 0 Å². The number of para-hydroxylation sites is 2. The first-order chi connectivity index (χ1) is 13.9. The molecular formula is C22H24N4O3. The number of carbonyl (C=O) groups is 2. The number of rotatable bonds is 3. The van der Waals surface area contributed by atoms with Crippen LogP contribution in [0.3, 0.4) is 0 Å². The van der Waals surface area contributed by atoms with Gasteiger partial charge in [0, 0.05) is 19.2 Å². The molecule has 0 spiro atoms. The molecule has 0 radical (unpaired) electrons. The lowest BCUT2D eigenvalue weighted by Crippen LogP contribution is -2.24. The number of amides is 2. The van der Waals surface area contributed by atoms with Crippen LogP contribution in [-0.2, 0) is 11.2 Å². The third kappa shape index (κ3) is 5.22. The number of benzene rings is 2. The standard InChI is InChI=1S/C12H13N3O.C10H11NO2/c1-8-2-4-9(5-3-8)6-10-7-11(12(13)16)15-14-10;1-11-8-4-2-3-5-9(8)13-7-6-10(11)12/h2-5,7H,6H2,1H3,(H2,13,16)(H,14,15);2-5H,6-7H2,1H3. The molecule has 7 nitrogen and oxygen atoms in total. The van der Waals surface area contributed by atoms with Crippen LogP contribution in [0, 0.1) is 6.92 Å². The number of anilines is 1. The number of fused-ring (bicyclic) bond motifs is 1. The van der Waals surface area contributed by atoms with Gasteiger partial charge in [-0.1, -0.05) is 42.0 Å². The normalized spacial score (nSPS) is 12.9. The van der Waals surface area contributed by atoms with Gasteiger partial charge in [-0.2, -0.15) is 5.10 Å². The Labute approximate surface area is 169 Å². The minimum atomic E-state index is -0.508. The monoisotopic (exact) mass is 392 g/mol. The quantitative estimate of drug-likeness (QED) is 0.716. The van der Waals surface area contributed by atoms with Crippen LogP contribution in [0.4, 0.5) is 5.69 Å². The molecule has 4 rings (SSSR count). The van der Waals surface area contributed by atoms with E-state index in [0.29, 0.717) is 13.0 Å². The average molecular weight is 392 g/mol. The van der Waals surface area contributed by atoms with Crippen molar-refractivity contribution in [1.82, 2.24) is 10.2 Å². The number of aromatic amines is 1. The number of hydrogen-bond donors (Lipinski definition) is 2. The molecule has 0 saturated heterocycles. The van der Waals surface area contributed by atoms with Crippen molar-refractivity contribution in [3.63, 3.8) is 0 Å². The molecule has 0 fully saturated rings.